The predicted octanol–water partition coefficient (Wildman–Crippen LogP) is 2.36. The fourth-order valence-corrected chi connectivity index (χ4v) is 1.71. The van der Waals surface area contributed by atoms with Gasteiger partial charge in [0.25, 0.3) is 5.69 Å². The van der Waals surface area contributed by atoms with Crippen molar-refractivity contribution in [3.05, 3.63) is 38.9 Å². The zero-order chi connectivity index (χ0) is 13.0. The molecule has 0 amide bonds. The Balaban J connectivity index is 3.26. The maximum Gasteiger partial charge on any atom is 0.310 e. The van der Waals surface area contributed by atoms with Crippen molar-refractivity contribution in [1.29, 1.82) is 0 Å². The topological polar surface area (TPSA) is 69.4 Å². The van der Waals surface area contributed by atoms with Gasteiger partial charge >= 0.3 is 5.97 Å². The second kappa shape index (κ2) is 5.63. The van der Waals surface area contributed by atoms with Gasteiger partial charge < -0.3 is 4.74 Å². The van der Waals surface area contributed by atoms with Crippen LogP contribution in [0.5, 0.6) is 0 Å². The molecule has 0 aliphatic rings. The van der Waals surface area contributed by atoms with Gasteiger partial charge in [0.2, 0.25) is 0 Å². The van der Waals surface area contributed by atoms with E-state index in [4.69, 9.17) is 11.6 Å². The molecule has 0 bridgehead atoms. The van der Waals surface area contributed by atoms with Gasteiger partial charge in [0.1, 0.15) is 0 Å². The lowest BCUT2D eigenvalue weighted by molar-refractivity contribution is -0.385. The van der Waals surface area contributed by atoms with E-state index in [1.54, 1.807) is 13.0 Å². The van der Waals surface area contributed by atoms with E-state index < -0.39 is 10.9 Å². The Bertz CT molecular complexity index is 459. The number of carbonyl (C=O) groups excluding carboxylic acids is 1. The van der Waals surface area contributed by atoms with Crippen LogP contribution in [0.3, 0.4) is 0 Å². The molecule has 0 heterocycles. The Kier molecular flexibility index (Phi) is 4.45. The third-order valence-electron chi connectivity index (χ3n) is 2.41. The molecule has 1 rings (SSSR count). The molecule has 1 aromatic rings. The second-order valence-corrected chi connectivity index (χ2v) is 3.82. The van der Waals surface area contributed by atoms with Gasteiger partial charge in [-0.15, -0.1) is 11.6 Å². The quantitative estimate of drug-likeness (QED) is 0.359. The molecule has 0 aliphatic heterocycles. The van der Waals surface area contributed by atoms with Crippen molar-refractivity contribution < 1.29 is 14.5 Å². The van der Waals surface area contributed by atoms with Crippen molar-refractivity contribution in [2.45, 2.75) is 19.2 Å². The number of esters is 1. The minimum Gasteiger partial charge on any atom is -0.469 e. The Morgan fingerprint density at radius 2 is 2.18 bits per heavy atom. The molecule has 1 aromatic carbocycles. The zero-order valence-corrected chi connectivity index (χ0v) is 10.3. The van der Waals surface area contributed by atoms with Crippen molar-refractivity contribution >= 4 is 23.3 Å². The van der Waals surface area contributed by atoms with Gasteiger partial charge in [0.15, 0.2) is 0 Å². The van der Waals surface area contributed by atoms with E-state index >= 15 is 0 Å². The van der Waals surface area contributed by atoms with Crippen LogP contribution in [0.25, 0.3) is 0 Å². The smallest absolute Gasteiger partial charge is 0.310 e. The van der Waals surface area contributed by atoms with Crippen LogP contribution in [0.1, 0.15) is 16.7 Å². The number of rotatable bonds is 4. The lowest BCUT2D eigenvalue weighted by Gasteiger charge is -2.07. The summed E-state index contributed by atoms with van der Waals surface area (Å²) in [5.74, 6) is -0.310. The Morgan fingerprint density at radius 3 is 2.65 bits per heavy atom. The summed E-state index contributed by atoms with van der Waals surface area (Å²) in [5, 5.41) is 10.9. The van der Waals surface area contributed by atoms with Crippen LogP contribution in [0.4, 0.5) is 5.69 Å². The number of methoxy groups -OCH3 is 1. The van der Waals surface area contributed by atoms with E-state index in [2.05, 4.69) is 4.74 Å². The van der Waals surface area contributed by atoms with Gasteiger partial charge in [-0.25, -0.2) is 0 Å². The zero-order valence-electron chi connectivity index (χ0n) is 9.53. The van der Waals surface area contributed by atoms with Crippen LogP contribution in [-0.4, -0.2) is 18.0 Å². The molecule has 0 spiro atoms. The van der Waals surface area contributed by atoms with Crippen molar-refractivity contribution in [3.63, 3.8) is 0 Å². The molecular formula is C11H12ClNO4. The molecule has 17 heavy (non-hydrogen) atoms. The Labute approximate surface area is 103 Å². The summed E-state index contributed by atoms with van der Waals surface area (Å²) in [7, 11) is 1.25. The fourth-order valence-electron chi connectivity index (χ4n) is 1.56. The van der Waals surface area contributed by atoms with Crippen LogP contribution in [0.15, 0.2) is 12.1 Å². The summed E-state index contributed by atoms with van der Waals surface area (Å²) in [6.45, 7) is 1.71. The molecule has 0 N–H and O–H groups in total. The van der Waals surface area contributed by atoms with E-state index in [9.17, 15) is 14.9 Å². The van der Waals surface area contributed by atoms with Crippen LogP contribution in [-0.2, 0) is 21.8 Å². The normalized spacial score (nSPS) is 10.1. The molecule has 0 aliphatic carbocycles. The molecule has 92 valence electrons. The lowest BCUT2D eigenvalue weighted by Crippen LogP contribution is -2.09. The van der Waals surface area contributed by atoms with E-state index in [0.717, 1.165) is 0 Å². The van der Waals surface area contributed by atoms with Gasteiger partial charge in [-0.3, -0.25) is 14.9 Å². The summed E-state index contributed by atoms with van der Waals surface area (Å²) in [6, 6.07) is 3.12. The molecule has 0 aromatic heterocycles. The van der Waals surface area contributed by atoms with Crippen LogP contribution >= 0.6 is 11.6 Å². The number of alkyl halides is 1. The number of nitro groups is 1. The number of nitrogens with zero attached hydrogens (tertiary/aromatic N) is 1. The number of ether oxygens (including phenoxy) is 1. The molecule has 0 radical (unpaired) electrons. The highest BCUT2D eigenvalue weighted by atomic mass is 35.5. The van der Waals surface area contributed by atoms with E-state index in [1.807, 2.05) is 0 Å². The monoisotopic (exact) mass is 257 g/mol. The number of aryl methyl sites for hydroxylation is 1. The fraction of sp³-hybridized carbons (Fsp3) is 0.364. The van der Waals surface area contributed by atoms with Crippen molar-refractivity contribution in [2.24, 2.45) is 0 Å². The first-order chi connectivity index (χ1) is 7.99. The number of hydrogen-bond acceptors (Lipinski definition) is 4. The first-order valence-corrected chi connectivity index (χ1v) is 5.42. The van der Waals surface area contributed by atoms with E-state index in [-0.39, 0.29) is 18.0 Å². The number of carbonyl (C=O) groups is 1. The minimum atomic E-state index is -0.513. The van der Waals surface area contributed by atoms with Crippen LogP contribution < -0.4 is 0 Å². The average Bonchev–Trinajstić information content (AvgIpc) is 2.30. The third-order valence-corrected chi connectivity index (χ3v) is 2.72. The molecule has 6 heteroatoms. The molecule has 0 unspecified atom stereocenters. The highest BCUT2D eigenvalue weighted by Gasteiger charge is 2.20. The van der Waals surface area contributed by atoms with Crippen molar-refractivity contribution in [3.8, 4) is 0 Å². The van der Waals surface area contributed by atoms with E-state index in [0.29, 0.717) is 16.7 Å². The third kappa shape index (κ3) is 3.17. The van der Waals surface area contributed by atoms with Crippen LogP contribution in [0.2, 0.25) is 0 Å². The molecular weight excluding hydrogens is 246 g/mol. The van der Waals surface area contributed by atoms with Crippen molar-refractivity contribution in [2.75, 3.05) is 7.11 Å². The standard InChI is InChI=1S/C11H12ClNO4/c1-7-3-8(6-12)4-10(13(15)16)9(7)5-11(14)17-2/h3-4H,5-6H2,1-2H3. The van der Waals surface area contributed by atoms with Gasteiger partial charge in [-0.05, 0) is 18.1 Å². The lowest BCUT2D eigenvalue weighted by atomic mass is 10.0. The van der Waals surface area contributed by atoms with Gasteiger partial charge in [-0.2, -0.15) is 0 Å². The Morgan fingerprint density at radius 1 is 1.53 bits per heavy atom. The number of benzene rings is 1. The maximum absolute atomic E-state index is 11.2. The summed E-state index contributed by atoms with van der Waals surface area (Å²) < 4.78 is 4.51. The Hall–Kier alpha value is -1.62. The van der Waals surface area contributed by atoms with Gasteiger partial charge in [-0.1, -0.05) is 6.07 Å². The molecule has 0 atom stereocenters. The maximum atomic E-state index is 11.2. The molecule has 5 nitrogen and oxygen atoms in total. The summed E-state index contributed by atoms with van der Waals surface area (Å²) in [5.41, 5.74) is 1.60. The molecule has 0 fully saturated rings. The molecule has 0 saturated heterocycles. The summed E-state index contributed by atoms with van der Waals surface area (Å²) in [4.78, 5) is 21.6. The second-order valence-electron chi connectivity index (χ2n) is 3.55. The first-order valence-electron chi connectivity index (χ1n) is 4.89. The SMILES string of the molecule is COC(=O)Cc1c(C)cc(CCl)cc1[N+](=O)[O-]. The minimum absolute atomic E-state index is 0.0916. The van der Waals surface area contributed by atoms with Crippen molar-refractivity contribution in [1.82, 2.24) is 0 Å². The number of nitro benzene ring substituents is 1. The first kappa shape index (κ1) is 13.4. The predicted molar refractivity (Wildman–Crippen MR) is 63.1 cm³/mol. The van der Waals surface area contributed by atoms with Crippen LogP contribution in [0, 0.1) is 17.0 Å². The largest absolute Gasteiger partial charge is 0.469 e. The van der Waals surface area contributed by atoms with Gasteiger partial charge in [0, 0.05) is 17.5 Å². The number of hydrogen-bond donors (Lipinski definition) is 0. The summed E-state index contributed by atoms with van der Waals surface area (Å²) >= 11 is 5.65. The van der Waals surface area contributed by atoms with Gasteiger partial charge in [0.05, 0.1) is 18.5 Å². The highest BCUT2D eigenvalue weighted by Crippen LogP contribution is 2.26. The average molecular weight is 258 g/mol. The number of halogens is 1. The summed E-state index contributed by atoms with van der Waals surface area (Å²) in [6.07, 6.45) is -0.110. The highest BCUT2D eigenvalue weighted by molar-refractivity contribution is 6.17. The molecule has 0 saturated carbocycles. The van der Waals surface area contributed by atoms with E-state index in [1.165, 1.54) is 13.2 Å².